The van der Waals surface area contributed by atoms with Gasteiger partial charge in [-0.25, -0.2) is 4.98 Å². The van der Waals surface area contributed by atoms with Crippen LogP contribution in [0.2, 0.25) is 0 Å². The van der Waals surface area contributed by atoms with E-state index in [1.165, 1.54) is 0 Å². The molecule has 0 aliphatic heterocycles. The van der Waals surface area contributed by atoms with E-state index in [9.17, 15) is 5.21 Å². The summed E-state index contributed by atoms with van der Waals surface area (Å²) < 4.78 is 0.957. The molecule has 0 saturated heterocycles. The van der Waals surface area contributed by atoms with Gasteiger partial charge in [-0.15, -0.1) is 0 Å². The molecule has 3 nitrogen and oxygen atoms in total. The maximum atomic E-state index is 11.8. The summed E-state index contributed by atoms with van der Waals surface area (Å²) in [6.07, 6.45) is 3.61. The van der Waals surface area contributed by atoms with E-state index in [1.807, 2.05) is 24.5 Å². The number of para-hydroxylation sites is 2. The second-order valence-electron chi connectivity index (χ2n) is 2.97. The number of hydrogen-bond acceptors (Lipinski definition) is 3. The lowest BCUT2D eigenvalue weighted by Crippen LogP contribution is -2.32. The molecule has 0 amide bonds. The Morgan fingerprint density at radius 1 is 1.43 bits per heavy atom. The van der Waals surface area contributed by atoms with E-state index in [4.69, 9.17) is 0 Å². The predicted octanol–water partition coefficient (Wildman–Crippen LogP) is 1.73. The Bertz CT molecular complexity index is 459. The monoisotopic (exact) mass is 206 g/mol. The van der Waals surface area contributed by atoms with Gasteiger partial charge in [-0.2, -0.15) is 16.5 Å². The highest BCUT2D eigenvalue weighted by Crippen LogP contribution is 2.09. The molecule has 0 aliphatic rings. The summed E-state index contributed by atoms with van der Waals surface area (Å²) in [5.74, 6) is 0.696. The number of rotatable bonds is 2. The van der Waals surface area contributed by atoms with E-state index in [0.717, 1.165) is 10.2 Å². The van der Waals surface area contributed by atoms with Crippen molar-refractivity contribution in [3.8, 4) is 0 Å². The lowest BCUT2D eigenvalue weighted by Gasteiger charge is -2.05. The first-order valence-corrected chi connectivity index (χ1v) is 5.67. The fraction of sp³-hybridized carbons (Fsp3) is 0.200. The van der Waals surface area contributed by atoms with Gasteiger partial charge in [-0.1, -0.05) is 12.1 Å². The van der Waals surface area contributed by atoms with Crippen molar-refractivity contribution < 1.29 is 4.73 Å². The van der Waals surface area contributed by atoms with Gasteiger partial charge >= 0.3 is 0 Å². The maximum absolute atomic E-state index is 11.8. The molecule has 4 heteroatoms. The molecule has 0 unspecified atom stereocenters. The molecule has 0 radical (unpaired) electrons. The summed E-state index contributed by atoms with van der Waals surface area (Å²) >= 11 is 1.62. The molecule has 0 N–H and O–H groups in total. The molecule has 0 aliphatic carbocycles. The minimum Gasteiger partial charge on any atom is -0.618 e. The second kappa shape index (κ2) is 3.84. The first-order chi connectivity index (χ1) is 6.83. The quantitative estimate of drug-likeness (QED) is 0.555. The van der Waals surface area contributed by atoms with Crippen molar-refractivity contribution in [2.45, 2.75) is 5.75 Å². The molecule has 0 spiro atoms. The van der Waals surface area contributed by atoms with E-state index in [0.29, 0.717) is 17.0 Å². The fourth-order valence-corrected chi connectivity index (χ4v) is 1.83. The molecule has 0 fully saturated rings. The van der Waals surface area contributed by atoms with Crippen LogP contribution in [0.5, 0.6) is 0 Å². The zero-order valence-electron chi connectivity index (χ0n) is 7.80. The topological polar surface area (TPSA) is 39.8 Å². The Balaban J connectivity index is 2.63. The number of fused-ring (bicyclic) bond motifs is 1. The number of nitrogens with zero attached hydrogens (tertiary/aromatic N) is 2. The first-order valence-electron chi connectivity index (χ1n) is 4.28. The van der Waals surface area contributed by atoms with Gasteiger partial charge in [0.15, 0.2) is 0 Å². The molecule has 72 valence electrons. The van der Waals surface area contributed by atoms with Crippen LogP contribution in [0.15, 0.2) is 30.5 Å². The Labute approximate surface area is 86.4 Å². The van der Waals surface area contributed by atoms with Crippen LogP contribution in [-0.4, -0.2) is 11.2 Å². The molecule has 0 saturated carbocycles. The predicted molar refractivity (Wildman–Crippen MR) is 57.9 cm³/mol. The molecule has 2 rings (SSSR count). The molecule has 14 heavy (non-hydrogen) atoms. The number of thioether (sulfide) groups is 1. The average molecular weight is 206 g/mol. The highest BCUT2D eigenvalue weighted by molar-refractivity contribution is 7.97. The molecule has 1 aromatic heterocycles. The van der Waals surface area contributed by atoms with Crippen molar-refractivity contribution >= 4 is 22.8 Å². The number of hydrogen-bond donors (Lipinski definition) is 0. The molecule has 0 atom stereocenters. The maximum Gasteiger partial charge on any atom is 0.242 e. The minimum absolute atomic E-state index is 0.638. The van der Waals surface area contributed by atoms with Crippen molar-refractivity contribution in [1.29, 1.82) is 0 Å². The summed E-state index contributed by atoms with van der Waals surface area (Å²) in [6.45, 7) is 0. The van der Waals surface area contributed by atoms with E-state index < -0.39 is 0 Å². The van der Waals surface area contributed by atoms with Gasteiger partial charge in [-0.05, 0) is 12.3 Å². The van der Waals surface area contributed by atoms with Gasteiger partial charge in [0, 0.05) is 6.07 Å². The normalized spacial score (nSPS) is 10.6. The first kappa shape index (κ1) is 9.27. The molecular weight excluding hydrogens is 196 g/mol. The van der Waals surface area contributed by atoms with Crippen LogP contribution in [0.25, 0.3) is 11.0 Å². The van der Waals surface area contributed by atoms with Gasteiger partial charge in [-0.3, -0.25) is 0 Å². The van der Waals surface area contributed by atoms with Gasteiger partial charge in [0.1, 0.15) is 5.52 Å². The average Bonchev–Trinajstić information content (AvgIpc) is 2.23. The summed E-state index contributed by atoms with van der Waals surface area (Å²) in [6, 6.07) is 7.36. The summed E-state index contributed by atoms with van der Waals surface area (Å²) in [5, 5.41) is 11.8. The third-order valence-corrected chi connectivity index (χ3v) is 2.59. The summed E-state index contributed by atoms with van der Waals surface area (Å²) in [5.41, 5.74) is 2.09. The second-order valence-corrected chi connectivity index (χ2v) is 3.83. The van der Waals surface area contributed by atoms with Crippen molar-refractivity contribution in [2.24, 2.45) is 0 Å². The lowest BCUT2D eigenvalue weighted by atomic mass is 10.3. The molecule has 2 aromatic rings. The highest BCUT2D eigenvalue weighted by atomic mass is 32.2. The molecular formula is C10H10N2OS. The van der Waals surface area contributed by atoms with E-state index in [2.05, 4.69) is 4.98 Å². The van der Waals surface area contributed by atoms with Crippen molar-refractivity contribution in [3.05, 3.63) is 41.4 Å². The third kappa shape index (κ3) is 1.53. The smallest absolute Gasteiger partial charge is 0.242 e. The van der Waals surface area contributed by atoms with Crippen molar-refractivity contribution in [3.63, 3.8) is 0 Å². The Morgan fingerprint density at radius 2 is 2.21 bits per heavy atom. The molecule has 1 heterocycles. The molecule has 1 aromatic carbocycles. The SMILES string of the molecule is CSCc1cnc2ccccc2[n+]1[O-]. The summed E-state index contributed by atoms with van der Waals surface area (Å²) in [7, 11) is 0. The summed E-state index contributed by atoms with van der Waals surface area (Å²) in [4.78, 5) is 4.23. The van der Waals surface area contributed by atoms with Gasteiger partial charge in [0.25, 0.3) is 0 Å². The van der Waals surface area contributed by atoms with Crippen molar-refractivity contribution in [2.75, 3.05) is 6.26 Å². The van der Waals surface area contributed by atoms with Crippen LogP contribution in [0, 0.1) is 5.21 Å². The zero-order valence-corrected chi connectivity index (χ0v) is 8.62. The van der Waals surface area contributed by atoms with Crippen LogP contribution >= 0.6 is 11.8 Å². The Hall–Kier alpha value is -1.29. The van der Waals surface area contributed by atoms with Gasteiger partial charge in [0.2, 0.25) is 11.2 Å². The largest absolute Gasteiger partial charge is 0.618 e. The Kier molecular flexibility index (Phi) is 2.54. The molecule has 0 bridgehead atoms. The van der Waals surface area contributed by atoms with E-state index in [-0.39, 0.29) is 0 Å². The number of aromatic nitrogens is 2. The zero-order chi connectivity index (χ0) is 9.97. The van der Waals surface area contributed by atoms with Crippen LogP contribution < -0.4 is 4.73 Å². The highest BCUT2D eigenvalue weighted by Gasteiger charge is 2.09. The van der Waals surface area contributed by atoms with Crippen LogP contribution in [0.3, 0.4) is 0 Å². The third-order valence-electron chi connectivity index (χ3n) is 2.01. The minimum atomic E-state index is 0.638. The van der Waals surface area contributed by atoms with E-state index in [1.54, 1.807) is 24.0 Å². The van der Waals surface area contributed by atoms with Crippen LogP contribution in [-0.2, 0) is 5.75 Å². The lowest BCUT2D eigenvalue weighted by molar-refractivity contribution is -0.585. The fourth-order valence-electron chi connectivity index (χ4n) is 1.34. The Morgan fingerprint density at radius 3 is 3.00 bits per heavy atom. The van der Waals surface area contributed by atoms with Gasteiger partial charge in [0.05, 0.1) is 11.9 Å². The van der Waals surface area contributed by atoms with Crippen molar-refractivity contribution in [1.82, 2.24) is 4.98 Å². The standard InChI is InChI=1S/C10H10N2OS/c1-14-7-8-6-11-9-4-2-3-5-10(9)12(8)13/h2-6H,7H2,1H3. The van der Waals surface area contributed by atoms with Crippen LogP contribution in [0.4, 0.5) is 0 Å². The van der Waals surface area contributed by atoms with E-state index >= 15 is 0 Å². The van der Waals surface area contributed by atoms with Gasteiger partial charge < -0.3 is 5.21 Å². The number of benzene rings is 1. The van der Waals surface area contributed by atoms with Crippen LogP contribution in [0.1, 0.15) is 5.69 Å².